The molecule has 1 aliphatic rings. The Kier molecular flexibility index (Phi) is 4.76. The molecule has 3 aromatic heterocycles. The van der Waals surface area contributed by atoms with Crippen molar-refractivity contribution >= 4 is 11.7 Å². The van der Waals surface area contributed by atoms with Crippen molar-refractivity contribution in [2.45, 2.75) is 26.3 Å². The lowest BCUT2D eigenvalue weighted by Gasteiger charge is -2.10. The van der Waals surface area contributed by atoms with E-state index >= 15 is 0 Å². The van der Waals surface area contributed by atoms with Gasteiger partial charge >= 0.3 is 0 Å². The molecule has 0 unspecified atom stereocenters. The standard InChI is InChI=1S/C22H18F2N6O2/c1-22(7-8-22)21(31)27-19-15(24)11-25-20(26-19)17-10-18(16-6-9-32-29-16)30(28-17)12-13-4-2-3-5-14(13)23/h2-6,9-11H,7-8,12H2,1H3,(H,25,26,27,31). The zero-order chi connectivity index (χ0) is 22.3. The molecule has 0 saturated heterocycles. The summed E-state index contributed by atoms with van der Waals surface area (Å²) in [6.07, 6.45) is 3.90. The van der Waals surface area contributed by atoms with Crippen LogP contribution in [0.2, 0.25) is 0 Å². The fourth-order valence-electron chi connectivity index (χ4n) is 3.24. The quantitative estimate of drug-likeness (QED) is 0.489. The molecule has 1 fully saturated rings. The second-order valence-electron chi connectivity index (χ2n) is 7.95. The number of aromatic nitrogens is 5. The molecule has 1 N–H and O–H groups in total. The van der Waals surface area contributed by atoms with Crippen LogP contribution in [-0.4, -0.2) is 30.8 Å². The third-order valence-electron chi connectivity index (χ3n) is 5.51. The van der Waals surface area contributed by atoms with Gasteiger partial charge in [0.25, 0.3) is 0 Å². The fraction of sp³-hybridized carbons (Fsp3) is 0.227. The molecule has 1 amide bonds. The number of benzene rings is 1. The zero-order valence-corrected chi connectivity index (χ0v) is 17.0. The van der Waals surface area contributed by atoms with Crippen molar-refractivity contribution in [2.24, 2.45) is 5.41 Å². The summed E-state index contributed by atoms with van der Waals surface area (Å²) in [5.74, 6) is -1.49. The monoisotopic (exact) mass is 436 g/mol. The van der Waals surface area contributed by atoms with Gasteiger partial charge in [0.2, 0.25) is 5.91 Å². The summed E-state index contributed by atoms with van der Waals surface area (Å²) in [5, 5.41) is 11.0. The molecule has 0 spiro atoms. The average Bonchev–Trinajstić information content (AvgIpc) is 3.17. The van der Waals surface area contributed by atoms with E-state index in [0.29, 0.717) is 22.6 Å². The molecule has 0 aliphatic heterocycles. The van der Waals surface area contributed by atoms with Gasteiger partial charge in [0.15, 0.2) is 17.5 Å². The molecule has 10 heteroatoms. The van der Waals surface area contributed by atoms with Crippen LogP contribution in [0.15, 0.2) is 53.4 Å². The highest BCUT2D eigenvalue weighted by molar-refractivity contribution is 5.96. The molecule has 162 valence electrons. The van der Waals surface area contributed by atoms with Crippen molar-refractivity contribution in [3.63, 3.8) is 0 Å². The number of nitrogens with zero attached hydrogens (tertiary/aromatic N) is 5. The van der Waals surface area contributed by atoms with Crippen LogP contribution in [0.4, 0.5) is 14.6 Å². The molecular weight excluding hydrogens is 418 g/mol. The first-order valence-electron chi connectivity index (χ1n) is 9.99. The Balaban J connectivity index is 1.52. The number of halogens is 2. The molecule has 1 saturated carbocycles. The molecule has 0 atom stereocenters. The number of rotatable bonds is 6. The molecule has 4 aromatic rings. The van der Waals surface area contributed by atoms with Crippen LogP contribution in [0, 0.1) is 17.0 Å². The van der Waals surface area contributed by atoms with Crippen molar-refractivity contribution in [1.29, 1.82) is 0 Å². The number of amides is 1. The van der Waals surface area contributed by atoms with Gasteiger partial charge in [-0.2, -0.15) is 5.10 Å². The number of carbonyl (C=O) groups is 1. The maximum atomic E-state index is 14.3. The summed E-state index contributed by atoms with van der Waals surface area (Å²) in [7, 11) is 0. The van der Waals surface area contributed by atoms with E-state index in [4.69, 9.17) is 4.52 Å². The Bertz CT molecular complexity index is 1300. The van der Waals surface area contributed by atoms with Crippen molar-refractivity contribution in [1.82, 2.24) is 24.9 Å². The van der Waals surface area contributed by atoms with Crippen molar-refractivity contribution < 1.29 is 18.1 Å². The van der Waals surface area contributed by atoms with Gasteiger partial charge in [0.1, 0.15) is 23.5 Å². The van der Waals surface area contributed by atoms with E-state index in [1.807, 2.05) is 6.92 Å². The number of nitrogens with one attached hydrogen (secondary N) is 1. The Morgan fingerprint density at radius 2 is 2.00 bits per heavy atom. The summed E-state index contributed by atoms with van der Waals surface area (Å²) >= 11 is 0. The maximum Gasteiger partial charge on any atom is 0.231 e. The second kappa shape index (κ2) is 7.63. The lowest BCUT2D eigenvalue weighted by molar-refractivity contribution is -0.120. The average molecular weight is 436 g/mol. The van der Waals surface area contributed by atoms with Crippen LogP contribution >= 0.6 is 0 Å². The van der Waals surface area contributed by atoms with Crippen molar-refractivity contribution in [3.05, 3.63) is 66.1 Å². The molecule has 0 radical (unpaired) electrons. The second-order valence-corrected chi connectivity index (χ2v) is 7.95. The predicted molar refractivity (Wildman–Crippen MR) is 110 cm³/mol. The Labute approximate surface area is 181 Å². The lowest BCUT2D eigenvalue weighted by atomic mass is 10.1. The number of hydrogen-bond donors (Lipinski definition) is 1. The first kappa shape index (κ1) is 20.0. The van der Waals surface area contributed by atoms with Crippen LogP contribution in [0.1, 0.15) is 25.3 Å². The summed E-state index contributed by atoms with van der Waals surface area (Å²) in [4.78, 5) is 20.5. The summed E-state index contributed by atoms with van der Waals surface area (Å²) in [6.45, 7) is 1.94. The van der Waals surface area contributed by atoms with E-state index in [-0.39, 0.29) is 29.9 Å². The normalized spacial score (nSPS) is 14.3. The van der Waals surface area contributed by atoms with E-state index in [2.05, 4.69) is 25.5 Å². The topological polar surface area (TPSA) is 98.7 Å². The van der Waals surface area contributed by atoms with Gasteiger partial charge in [0.05, 0.1) is 18.4 Å². The van der Waals surface area contributed by atoms with E-state index < -0.39 is 11.2 Å². The van der Waals surface area contributed by atoms with Gasteiger partial charge in [-0.15, -0.1) is 0 Å². The van der Waals surface area contributed by atoms with Gasteiger partial charge < -0.3 is 9.84 Å². The van der Waals surface area contributed by atoms with Crippen LogP contribution in [0.25, 0.3) is 22.9 Å². The predicted octanol–water partition coefficient (Wildman–Crippen LogP) is 4.06. The molecule has 32 heavy (non-hydrogen) atoms. The maximum absolute atomic E-state index is 14.3. The third kappa shape index (κ3) is 3.75. The molecule has 8 nitrogen and oxygen atoms in total. The van der Waals surface area contributed by atoms with Crippen molar-refractivity contribution in [3.8, 4) is 22.9 Å². The third-order valence-corrected chi connectivity index (χ3v) is 5.51. The lowest BCUT2D eigenvalue weighted by Crippen LogP contribution is -2.23. The molecule has 1 aliphatic carbocycles. The van der Waals surface area contributed by atoms with Gasteiger partial charge in [-0.25, -0.2) is 18.7 Å². The Morgan fingerprint density at radius 3 is 2.72 bits per heavy atom. The van der Waals surface area contributed by atoms with Crippen LogP contribution in [-0.2, 0) is 11.3 Å². The van der Waals surface area contributed by atoms with E-state index in [0.717, 1.165) is 19.0 Å². The summed E-state index contributed by atoms with van der Waals surface area (Å²) in [6, 6.07) is 9.66. The van der Waals surface area contributed by atoms with Gasteiger partial charge in [-0.1, -0.05) is 30.3 Å². The van der Waals surface area contributed by atoms with Crippen molar-refractivity contribution in [2.75, 3.05) is 5.32 Å². The van der Waals surface area contributed by atoms with E-state index in [1.165, 1.54) is 12.3 Å². The molecule has 3 heterocycles. The van der Waals surface area contributed by atoms with Crippen LogP contribution in [0.5, 0.6) is 0 Å². The van der Waals surface area contributed by atoms with Gasteiger partial charge in [0, 0.05) is 17.0 Å². The summed E-state index contributed by atoms with van der Waals surface area (Å²) in [5.41, 5.74) is 1.28. The Morgan fingerprint density at radius 1 is 1.19 bits per heavy atom. The molecular formula is C22H18F2N6O2. The summed E-state index contributed by atoms with van der Waals surface area (Å²) < 4.78 is 35.0. The number of hydrogen-bond acceptors (Lipinski definition) is 6. The largest absolute Gasteiger partial charge is 0.364 e. The Hall–Kier alpha value is -3.95. The highest BCUT2D eigenvalue weighted by atomic mass is 19.1. The molecule has 0 bridgehead atoms. The first-order chi connectivity index (χ1) is 15.4. The van der Waals surface area contributed by atoms with Crippen LogP contribution < -0.4 is 5.32 Å². The minimum Gasteiger partial charge on any atom is -0.364 e. The van der Waals surface area contributed by atoms with E-state index in [9.17, 15) is 13.6 Å². The number of carbonyl (C=O) groups excluding carboxylic acids is 1. The zero-order valence-electron chi connectivity index (χ0n) is 17.0. The van der Waals surface area contributed by atoms with Crippen LogP contribution in [0.3, 0.4) is 0 Å². The minimum atomic E-state index is -0.742. The highest BCUT2D eigenvalue weighted by Gasteiger charge is 2.45. The smallest absolute Gasteiger partial charge is 0.231 e. The minimum absolute atomic E-state index is 0.111. The molecule has 1 aromatic carbocycles. The van der Waals surface area contributed by atoms with E-state index in [1.54, 1.807) is 35.0 Å². The first-order valence-corrected chi connectivity index (χ1v) is 9.99. The van der Waals surface area contributed by atoms with Gasteiger partial charge in [-0.3, -0.25) is 9.48 Å². The molecule has 5 rings (SSSR count). The fourth-order valence-corrected chi connectivity index (χ4v) is 3.24. The highest BCUT2D eigenvalue weighted by Crippen LogP contribution is 2.45. The van der Waals surface area contributed by atoms with Gasteiger partial charge in [-0.05, 0) is 25.0 Å². The SMILES string of the molecule is CC1(C(=O)Nc2nc(-c3cc(-c4ccon4)n(Cc4ccccc4F)n3)ncc2F)CC1. The number of anilines is 1.